The van der Waals surface area contributed by atoms with E-state index >= 15 is 0 Å². The highest BCUT2D eigenvalue weighted by atomic mass is 79.9. The van der Waals surface area contributed by atoms with Crippen molar-refractivity contribution in [2.24, 2.45) is 0 Å². The molecule has 3 rings (SSSR count). The standard InChI is InChI=1S/C17H14BrClF3NO3/c18-11-2-4-15(16(6-11)25-12-7-23-8-12)24-9-10-1-3-14(13(19)5-10)26-17(20,21)22/h1-6,12,23H,7-9H2. The van der Waals surface area contributed by atoms with Crippen LogP contribution in [0.2, 0.25) is 5.02 Å². The Morgan fingerprint density at radius 3 is 2.42 bits per heavy atom. The molecule has 140 valence electrons. The molecule has 0 atom stereocenters. The van der Waals surface area contributed by atoms with E-state index in [0.717, 1.165) is 23.6 Å². The zero-order valence-corrected chi connectivity index (χ0v) is 15.6. The highest BCUT2D eigenvalue weighted by Crippen LogP contribution is 2.34. The van der Waals surface area contributed by atoms with Crippen molar-refractivity contribution in [1.82, 2.24) is 5.32 Å². The highest BCUT2D eigenvalue weighted by molar-refractivity contribution is 9.10. The van der Waals surface area contributed by atoms with Crippen LogP contribution < -0.4 is 19.5 Å². The third-order valence-corrected chi connectivity index (χ3v) is 4.35. The summed E-state index contributed by atoms with van der Waals surface area (Å²) in [5, 5.41) is 2.97. The molecule has 4 nitrogen and oxygen atoms in total. The number of hydrogen-bond acceptors (Lipinski definition) is 4. The Morgan fingerprint density at radius 1 is 1.08 bits per heavy atom. The van der Waals surface area contributed by atoms with E-state index in [1.807, 2.05) is 6.07 Å². The first kappa shape index (κ1) is 19.1. The van der Waals surface area contributed by atoms with E-state index in [1.165, 1.54) is 12.1 Å². The molecule has 0 saturated carbocycles. The number of benzene rings is 2. The van der Waals surface area contributed by atoms with Gasteiger partial charge in [-0.25, -0.2) is 0 Å². The van der Waals surface area contributed by atoms with E-state index in [2.05, 4.69) is 26.0 Å². The van der Waals surface area contributed by atoms with Crippen LogP contribution in [0, 0.1) is 0 Å². The van der Waals surface area contributed by atoms with E-state index in [1.54, 1.807) is 12.1 Å². The fourth-order valence-electron chi connectivity index (χ4n) is 2.22. The Kier molecular flexibility index (Phi) is 5.84. The Labute approximate surface area is 161 Å². The van der Waals surface area contributed by atoms with Crippen molar-refractivity contribution in [3.63, 3.8) is 0 Å². The first-order valence-corrected chi connectivity index (χ1v) is 8.81. The summed E-state index contributed by atoms with van der Waals surface area (Å²) in [4.78, 5) is 0. The van der Waals surface area contributed by atoms with Gasteiger partial charge in [0.2, 0.25) is 0 Å². The molecule has 0 aliphatic carbocycles. The van der Waals surface area contributed by atoms with E-state index in [0.29, 0.717) is 17.1 Å². The Hall–Kier alpha value is -1.64. The van der Waals surface area contributed by atoms with Crippen molar-refractivity contribution in [3.05, 3.63) is 51.5 Å². The third-order valence-electron chi connectivity index (χ3n) is 3.56. The molecule has 0 unspecified atom stereocenters. The van der Waals surface area contributed by atoms with E-state index in [4.69, 9.17) is 21.1 Å². The van der Waals surface area contributed by atoms with Gasteiger partial charge in [0.05, 0.1) is 5.02 Å². The monoisotopic (exact) mass is 451 g/mol. The van der Waals surface area contributed by atoms with E-state index < -0.39 is 12.1 Å². The van der Waals surface area contributed by atoms with E-state index in [9.17, 15) is 13.2 Å². The maximum absolute atomic E-state index is 12.3. The smallest absolute Gasteiger partial charge is 0.485 e. The van der Waals surface area contributed by atoms with Crippen LogP contribution in [0.3, 0.4) is 0 Å². The van der Waals surface area contributed by atoms with Crippen LogP contribution in [0.4, 0.5) is 13.2 Å². The van der Waals surface area contributed by atoms with Gasteiger partial charge in [0.15, 0.2) is 11.5 Å². The van der Waals surface area contributed by atoms with Gasteiger partial charge >= 0.3 is 6.36 Å². The second kappa shape index (κ2) is 7.94. The number of hydrogen-bond donors (Lipinski definition) is 1. The van der Waals surface area contributed by atoms with Crippen LogP contribution >= 0.6 is 27.5 Å². The number of ether oxygens (including phenoxy) is 3. The van der Waals surface area contributed by atoms with Gasteiger partial charge in [-0.15, -0.1) is 13.2 Å². The van der Waals surface area contributed by atoms with Gasteiger partial charge < -0.3 is 19.5 Å². The van der Waals surface area contributed by atoms with Crippen LogP contribution in [0.25, 0.3) is 0 Å². The zero-order chi connectivity index (χ0) is 18.7. The molecule has 0 aromatic heterocycles. The summed E-state index contributed by atoms with van der Waals surface area (Å²) < 4.78 is 53.1. The topological polar surface area (TPSA) is 39.7 Å². The van der Waals surface area contributed by atoms with E-state index in [-0.39, 0.29) is 17.7 Å². The fourth-order valence-corrected chi connectivity index (χ4v) is 2.80. The minimum absolute atomic E-state index is 0.0832. The summed E-state index contributed by atoms with van der Waals surface area (Å²) in [6, 6.07) is 9.37. The van der Waals surface area contributed by atoms with Crippen LogP contribution in [0.15, 0.2) is 40.9 Å². The third kappa shape index (κ3) is 5.18. The molecule has 1 aliphatic heterocycles. The molecule has 1 aliphatic rings. The average Bonchev–Trinajstić information content (AvgIpc) is 2.51. The summed E-state index contributed by atoms with van der Waals surface area (Å²) in [6.07, 6.45) is -4.71. The molecule has 1 saturated heterocycles. The van der Waals surface area contributed by atoms with Gasteiger partial charge in [-0.3, -0.25) is 0 Å². The normalized spacial score (nSPS) is 14.7. The molecule has 0 bridgehead atoms. The molecule has 0 spiro atoms. The summed E-state index contributed by atoms with van der Waals surface area (Å²) in [5.74, 6) is 0.675. The number of alkyl halides is 3. The molecule has 9 heteroatoms. The van der Waals surface area contributed by atoms with Crippen molar-refractivity contribution in [2.45, 2.75) is 19.1 Å². The quantitative estimate of drug-likeness (QED) is 0.675. The minimum atomic E-state index is -4.79. The first-order valence-electron chi connectivity index (χ1n) is 7.64. The lowest BCUT2D eigenvalue weighted by atomic mass is 10.2. The summed E-state index contributed by atoms with van der Waals surface area (Å²) in [6.45, 7) is 1.65. The summed E-state index contributed by atoms with van der Waals surface area (Å²) >= 11 is 9.24. The second-order valence-electron chi connectivity index (χ2n) is 5.59. The lowest BCUT2D eigenvalue weighted by Gasteiger charge is -2.28. The first-order chi connectivity index (χ1) is 12.3. The molecule has 1 heterocycles. The van der Waals surface area contributed by atoms with Gasteiger partial charge in [-0.2, -0.15) is 0 Å². The van der Waals surface area contributed by atoms with Gasteiger partial charge in [0.25, 0.3) is 0 Å². The van der Waals surface area contributed by atoms with Crippen molar-refractivity contribution in [2.75, 3.05) is 13.1 Å². The zero-order valence-electron chi connectivity index (χ0n) is 13.3. The molecule has 26 heavy (non-hydrogen) atoms. The van der Waals surface area contributed by atoms with Gasteiger partial charge in [0.1, 0.15) is 18.5 Å². The maximum atomic E-state index is 12.3. The number of nitrogens with one attached hydrogen (secondary N) is 1. The van der Waals surface area contributed by atoms with Crippen LogP contribution in [-0.4, -0.2) is 25.6 Å². The van der Waals surface area contributed by atoms with Gasteiger partial charge in [-0.1, -0.05) is 33.6 Å². The predicted octanol–water partition coefficient (Wildman–Crippen LogP) is 4.93. The Balaban J connectivity index is 1.68. The lowest BCUT2D eigenvalue weighted by molar-refractivity contribution is -0.274. The molecule has 2 aromatic rings. The lowest BCUT2D eigenvalue weighted by Crippen LogP contribution is -2.50. The number of halogens is 5. The Bertz CT molecular complexity index is 784. The highest BCUT2D eigenvalue weighted by Gasteiger charge is 2.32. The van der Waals surface area contributed by atoms with Crippen molar-refractivity contribution in [1.29, 1.82) is 0 Å². The van der Waals surface area contributed by atoms with Gasteiger partial charge in [-0.05, 0) is 35.9 Å². The Morgan fingerprint density at radius 2 is 1.81 bits per heavy atom. The van der Waals surface area contributed by atoms with Crippen LogP contribution in [0.5, 0.6) is 17.2 Å². The largest absolute Gasteiger partial charge is 0.573 e. The summed E-state index contributed by atoms with van der Waals surface area (Å²) in [5.41, 5.74) is 0.601. The number of rotatable bonds is 6. The molecule has 0 radical (unpaired) electrons. The van der Waals surface area contributed by atoms with Crippen molar-refractivity contribution >= 4 is 27.5 Å². The SMILES string of the molecule is FC(F)(F)Oc1ccc(COc2ccc(Br)cc2OC2CNC2)cc1Cl. The van der Waals surface area contributed by atoms with Crippen molar-refractivity contribution in [3.8, 4) is 17.2 Å². The van der Waals surface area contributed by atoms with Crippen molar-refractivity contribution < 1.29 is 27.4 Å². The predicted molar refractivity (Wildman–Crippen MR) is 93.9 cm³/mol. The molecule has 0 amide bonds. The molecule has 1 N–H and O–H groups in total. The van der Waals surface area contributed by atoms with Gasteiger partial charge in [0, 0.05) is 17.6 Å². The summed E-state index contributed by atoms with van der Waals surface area (Å²) in [7, 11) is 0. The molecular weight excluding hydrogens is 439 g/mol. The van der Waals surface area contributed by atoms with Crippen LogP contribution in [-0.2, 0) is 6.61 Å². The molecule has 2 aromatic carbocycles. The minimum Gasteiger partial charge on any atom is -0.485 e. The molecular formula is C17H14BrClF3NO3. The maximum Gasteiger partial charge on any atom is 0.573 e. The molecule has 1 fully saturated rings. The second-order valence-corrected chi connectivity index (χ2v) is 6.91. The van der Waals surface area contributed by atoms with Crippen LogP contribution in [0.1, 0.15) is 5.56 Å². The fraction of sp³-hybridized carbons (Fsp3) is 0.294. The average molecular weight is 453 g/mol.